The number of ether oxygens (including phenoxy) is 3. The van der Waals surface area contributed by atoms with Crippen molar-refractivity contribution < 1.29 is 23.8 Å². The number of carbonyl (C=O) groups excluding carboxylic acids is 2. The lowest BCUT2D eigenvalue weighted by Crippen LogP contribution is -2.39. The summed E-state index contributed by atoms with van der Waals surface area (Å²) in [5, 5.41) is 2.76. The van der Waals surface area contributed by atoms with Crippen molar-refractivity contribution in [1.29, 1.82) is 0 Å². The Hall–Kier alpha value is -2.38. The minimum absolute atomic E-state index is 0.0454. The zero-order valence-electron chi connectivity index (χ0n) is 14.6. The minimum atomic E-state index is -0.618. The molecule has 1 amide bonds. The normalized spacial score (nSPS) is 19.2. The highest BCUT2D eigenvalue weighted by Crippen LogP contribution is 2.36. The Morgan fingerprint density at radius 3 is 2.67 bits per heavy atom. The smallest absolute Gasteiger partial charge is 0.408 e. The molecule has 132 valence electrons. The lowest BCUT2D eigenvalue weighted by molar-refractivity contribution is -0.117. The SMILES string of the molecule is COc1cnc2c(n1)O[C@@H](CCC(C)=O)[C@H]2NC(=O)OC(C)(C)C. The van der Waals surface area contributed by atoms with E-state index in [1.165, 1.54) is 20.2 Å². The number of carbonyl (C=O) groups is 2. The summed E-state index contributed by atoms with van der Waals surface area (Å²) in [6.07, 6.45) is 1.22. The number of nitrogens with zero attached hydrogens (tertiary/aromatic N) is 2. The van der Waals surface area contributed by atoms with E-state index in [0.29, 0.717) is 30.3 Å². The zero-order valence-corrected chi connectivity index (χ0v) is 14.6. The van der Waals surface area contributed by atoms with Crippen LogP contribution in [0, 0.1) is 0 Å². The highest BCUT2D eigenvalue weighted by molar-refractivity contribution is 5.75. The van der Waals surface area contributed by atoms with Crippen LogP contribution >= 0.6 is 0 Å². The Kier molecular flexibility index (Phi) is 5.26. The average Bonchev–Trinajstić information content (AvgIpc) is 2.80. The Morgan fingerprint density at radius 2 is 2.08 bits per heavy atom. The summed E-state index contributed by atoms with van der Waals surface area (Å²) in [4.78, 5) is 31.8. The molecule has 2 rings (SSSR count). The number of hydrogen-bond donors (Lipinski definition) is 1. The molecule has 1 aliphatic heterocycles. The van der Waals surface area contributed by atoms with Crippen molar-refractivity contribution in [3.05, 3.63) is 11.9 Å². The number of aromatic nitrogens is 2. The third-order valence-corrected chi connectivity index (χ3v) is 3.34. The summed E-state index contributed by atoms with van der Waals surface area (Å²) in [6, 6.07) is -0.535. The van der Waals surface area contributed by atoms with Gasteiger partial charge in [0.1, 0.15) is 29.2 Å². The predicted octanol–water partition coefficient (Wildman–Crippen LogP) is 2.18. The van der Waals surface area contributed by atoms with Crippen LogP contribution in [0.25, 0.3) is 0 Å². The second-order valence-corrected chi connectivity index (χ2v) is 6.62. The van der Waals surface area contributed by atoms with Crippen LogP contribution in [0.15, 0.2) is 6.20 Å². The van der Waals surface area contributed by atoms with E-state index in [9.17, 15) is 9.59 Å². The van der Waals surface area contributed by atoms with Crippen molar-refractivity contribution in [2.45, 2.75) is 58.3 Å². The fourth-order valence-corrected chi connectivity index (χ4v) is 2.32. The van der Waals surface area contributed by atoms with Crippen molar-refractivity contribution in [2.75, 3.05) is 7.11 Å². The summed E-state index contributed by atoms with van der Waals surface area (Å²) in [7, 11) is 1.48. The maximum absolute atomic E-state index is 12.1. The topological polar surface area (TPSA) is 99.6 Å². The standard InChI is InChI=1S/C16H23N3O5/c1-9(20)6-7-10-12(19-15(21)24-16(2,3)4)13-14(23-10)18-11(22-5)8-17-13/h8,10,12H,6-7H2,1-5H3,(H,19,21)/t10-,12+/m0/s1. The van der Waals surface area contributed by atoms with Gasteiger partial charge >= 0.3 is 6.09 Å². The summed E-state index contributed by atoms with van der Waals surface area (Å²) in [6.45, 7) is 6.86. The molecule has 2 atom stereocenters. The number of nitrogens with one attached hydrogen (secondary N) is 1. The number of Topliss-reactive ketones (excluding diaryl/α,β-unsaturated/α-hetero) is 1. The minimum Gasteiger partial charge on any atom is -0.480 e. The van der Waals surface area contributed by atoms with Crippen LogP contribution in [0.5, 0.6) is 11.8 Å². The first-order valence-corrected chi connectivity index (χ1v) is 7.76. The lowest BCUT2D eigenvalue weighted by Gasteiger charge is -2.23. The fraction of sp³-hybridized carbons (Fsp3) is 0.625. The van der Waals surface area contributed by atoms with Crippen LogP contribution in [-0.4, -0.2) is 40.7 Å². The quantitative estimate of drug-likeness (QED) is 0.879. The van der Waals surface area contributed by atoms with E-state index >= 15 is 0 Å². The first-order chi connectivity index (χ1) is 11.2. The molecule has 0 saturated heterocycles. The Morgan fingerprint density at radius 1 is 1.38 bits per heavy atom. The largest absolute Gasteiger partial charge is 0.480 e. The maximum atomic E-state index is 12.1. The van der Waals surface area contributed by atoms with E-state index in [0.717, 1.165) is 0 Å². The molecule has 0 unspecified atom stereocenters. The summed E-state index contributed by atoms with van der Waals surface area (Å²) in [5.41, 5.74) is -0.123. The van der Waals surface area contributed by atoms with Crippen LogP contribution in [0.1, 0.15) is 52.3 Å². The van der Waals surface area contributed by atoms with Gasteiger partial charge in [0.25, 0.3) is 0 Å². The molecule has 0 saturated carbocycles. The van der Waals surface area contributed by atoms with Crippen molar-refractivity contribution in [2.24, 2.45) is 0 Å². The molecule has 0 aliphatic carbocycles. The number of rotatable bonds is 5. The van der Waals surface area contributed by atoms with E-state index in [1.54, 1.807) is 20.8 Å². The van der Waals surface area contributed by atoms with Crippen molar-refractivity contribution in [3.8, 4) is 11.8 Å². The monoisotopic (exact) mass is 337 g/mol. The fourth-order valence-electron chi connectivity index (χ4n) is 2.32. The predicted molar refractivity (Wildman–Crippen MR) is 85.0 cm³/mol. The summed E-state index contributed by atoms with van der Waals surface area (Å²) in [5.74, 6) is 0.657. The van der Waals surface area contributed by atoms with Crippen molar-refractivity contribution >= 4 is 11.9 Å². The molecule has 2 heterocycles. The van der Waals surface area contributed by atoms with Gasteiger partial charge in [-0.05, 0) is 34.1 Å². The molecule has 8 nitrogen and oxygen atoms in total. The first kappa shape index (κ1) is 18.0. The van der Waals surface area contributed by atoms with Gasteiger partial charge in [0.05, 0.1) is 13.3 Å². The molecule has 24 heavy (non-hydrogen) atoms. The summed E-state index contributed by atoms with van der Waals surface area (Å²) < 4.78 is 16.1. The van der Waals surface area contributed by atoms with E-state index in [-0.39, 0.29) is 5.78 Å². The van der Waals surface area contributed by atoms with E-state index in [1.807, 2.05) is 0 Å². The van der Waals surface area contributed by atoms with Crippen LogP contribution in [0.2, 0.25) is 0 Å². The van der Waals surface area contributed by atoms with Gasteiger partial charge in [-0.2, -0.15) is 4.98 Å². The van der Waals surface area contributed by atoms with E-state index in [4.69, 9.17) is 14.2 Å². The van der Waals surface area contributed by atoms with Crippen molar-refractivity contribution in [1.82, 2.24) is 15.3 Å². The molecule has 0 radical (unpaired) electrons. The van der Waals surface area contributed by atoms with Crippen molar-refractivity contribution in [3.63, 3.8) is 0 Å². The number of amides is 1. The molecule has 0 aromatic carbocycles. The average molecular weight is 337 g/mol. The number of alkyl carbamates (subject to hydrolysis) is 1. The van der Waals surface area contributed by atoms with Gasteiger partial charge < -0.3 is 24.3 Å². The Labute approximate surface area is 140 Å². The van der Waals surface area contributed by atoms with Crippen LogP contribution in [0.4, 0.5) is 4.79 Å². The van der Waals surface area contributed by atoms with Gasteiger partial charge in [-0.15, -0.1) is 0 Å². The molecule has 1 aromatic rings. The second kappa shape index (κ2) is 7.02. The Bertz CT molecular complexity index is 627. The van der Waals surface area contributed by atoms with Gasteiger partial charge in [0.2, 0.25) is 11.8 Å². The third kappa shape index (κ3) is 4.56. The maximum Gasteiger partial charge on any atom is 0.408 e. The van der Waals surface area contributed by atoms with Gasteiger partial charge in [0.15, 0.2) is 0 Å². The van der Waals surface area contributed by atoms with Crippen LogP contribution < -0.4 is 14.8 Å². The molecule has 1 N–H and O–H groups in total. The number of ketones is 1. The molecule has 8 heteroatoms. The first-order valence-electron chi connectivity index (χ1n) is 7.76. The summed E-state index contributed by atoms with van der Waals surface area (Å²) >= 11 is 0. The van der Waals surface area contributed by atoms with Gasteiger partial charge in [-0.25, -0.2) is 9.78 Å². The second-order valence-electron chi connectivity index (χ2n) is 6.62. The molecular formula is C16H23N3O5. The number of hydrogen-bond acceptors (Lipinski definition) is 7. The van der Waals surface area contributed by atoms with Gasteiger partial charge in [-0.3, -0.25) is 0 Å². The number of fused-ring (bicyclic) bond motifs is 1. The molecule has 1 aromatic heterocycles. The number of methoxy groups -OCH3 is 1. The van der Waals surface area contributed by atoms with Gasteiger partial charge in [-0.1, -0.05) is 0 Å². The highest BCUT2D eigenvalue weighted by atomic mass is 16.6. The lowest BCUT2D eigenvalue weighted by atomic mass is 10.0. The van der Waals surface area contributed by atoms with E-state index in [2.05, 4.69) is 15.3 Å². The molecule has 1 aliphatic rings. The molecular weight excluding hydrogens is 314 g/mol. The Balaban J connectivity index is 2.19. The highest BCUT2D eigenvalue weighted by Gasteiger charge is 2.39. The molecule has 0 spiro atoms. The van der Waals surface area contributed by atoms with Crippen LogP contribution in [0.3, 0.4) is 0 Å². The third-order valence-electron chi connectivity index (χ3n) is 3.34. The molecule has 0 fully saturated rings. The van der Waals surface area contributed by atoms with E-state index < -0.39 is 23.8 Å². The molecule has 0 bridgehead atoms. The van der Waals surface area contributed by atoms with Gasteiger partial charge in [0, 0.05) is 6.42 Å². The van der Waals surface area contributed by atoms with Crippen LogP contribution in [-0.2, 0) is 9.53 Å². The zero-order chi connectivity index (χ0) is 17.9.